The molecule has 0 fully saturated rings. The fourth-order valence-corrected chi connectivity index (χ4v) is 5.15. The van der Waals surface area contributed by atoms with Gasteiger partial charge in [0.15, 0.2) is 0 Å². The first-order valence-electron chi connectivity index (χ1n) is 12.3. The number of aromatic nitrogens is 2. The summed E-state index contributed by atoms with van der Waals surface area (Å²) in [5, 5.41) is 17.8. The Kier molecular flexibility index (Phi) is 7.59. The minimum Gasteiger partial charge on any atom is -0.506 e. The molecule has 12 heteroatoms. The second-order valence-corrected chi connectivity index (χ2v) is 10.2. The van der Waals surface area contributed by atoms with Crippen molar-refractivity contribution in [1.29, 1.82) is 0 Å². The number of hydrogen-bond donors (Lipinski definition) is 2. The maximum absolute atomic E-state index is 13.4. The maximum atomic E-state index is 13.4. The van der Waals surface area contributed by atoms with Crippen LogP contribution in [-0.4, -0.2) is 33.9 Å². The normalized spacial score (nSPS) is 13.1. The number of carbonyl (C=O) groups is 1. The number of nitrogens with one attached hydrogen (secondary N) is 1. The highest BCUT2D eigenvalue weighted by Crippen LogP contribution is 2.40. The van der Waals surface area contributed by atoms with Gasteiger partial charge in [0, 0.05) is 11.5 Å². The number of rotatable bonds is 8. The number of benzene rings is 3. The highest BCUT2D eigenvalue weighted by Gasteiger charge is 2.35. The lowest BCUT2D eigenvalue weighted by atomic mass is 10.0. The van der Waals surface area contributed by atoms with Crippen LogP contribution in [0.3, 0.4) is 0 Å². The van der Waals surface area contributed by atoms with Crippen molar-refractivity contribution >= 4 is 28.1 Å². The van der Waals surface area contributed by atoms with E-state index in [2.05, 4.69) is 10.4 Å². The number of aromatic hydroxyl groups is 1. The van der Waals surface area contributed by atoms with E-state index in [0.717, 1.165) is 10.9 Å². The first-order chi connectivity index (χ1) is 19.5. The van der Waals surface area contributed by atoms with E-state index in [9.17, 15) is 27.5 Å². The van der Waals surface area contributed by atoms with Gasteiger partial charge in [-0.25, -0.2) is 9.07 Å². The third-order valence-corrected chi connectivity index (χ3v) is 7.47. The predicted octanol–water partition coefficient (Wildman–Crippen LogP) is 6.90. The molecular formula is C29H23F4N3O4S. The number of alkyl halides is 3. The predicted molar refractivity (Wildman–Crippen MR) is 145 cm³/mol. The fourth-order valence-electron chi connectivity index (χ4n) is 4.33. The zero-order valence-corrected chi connectivity index (χ0v) is 22.5. The molecule has 3 aromatic carbocycles. The zero-order chi connectivity index (χ0) is 29.3. The van der Waals surface area contributed by atoms with Crippen molar-refractivity contribution in [2.24, 2.45) is 0 Å². The molecule has 2 heterocycles. The van der Waals surface area contributed by atoms with Gasteiger partial charge in [0.05, 0.1) is 30.6 Å². The molecule has 0 unspecified atom stereocenters. The van der Waals surface area contributed by atoms with E-state index in [1.807, 2.05) is 0 Å². The van der Waals surface area contributed by atoms with Crippen molar-refractivity contribution in [1.82, 2.24) is 15.1 Å². The Balaban J connectivity index is 1.44. The highest BCUT2D eigenvalue weighted by atomic mass is 32.1. The lowest BCUT2D eigenvalue weighted by molar-refractivity contribution is -0.134. The van der Waals surface area contributed by atoms with Crippen molar-refractivity contribution in [3.63, 3.8) is 0 Å². The summed E-state index contributed by atoms with van der Waals surface area (Å²) in [7, 11) is 1.50. The number of carbonyl (C=O) groups excluding carboxylic acids is 1. The van der Waals surface area contributed by atoms with Crippen molar-refractivity contribution < 1.29 is 36.9 Å². The smallest absolute Gasteiger partial charge is 0.425 e. The van der Waals surface area contributed by atoms with Crippen molar-refractivity contribution in [2.75, 3.05) is 7.11 Å². The molecule has 0 aliphatic heterocycles. The Morgan fingerprint density at radius 2 is 1.80 bits per heavy atom. The van der Waals surface area contributed by atoms with Gasteiger partial charge in [0.25, 0.3) is 5.91 Å². The lowest BCUT2D eigenvalue weighted by Crippen LogP contribution is -2.39. The van der Waals surface area contributed by atoms with Crippen molar-refractivity contribution in [3.05, 3.63) is 100 Å². The molecule has 0 aliphatic carbocycles. The van der Waals surface area contributed by atoms with E-state index in [1.165, 1.54) is 19.2 Å². The molecule has 1 amide bonds. The number of ether oxygens (including phenoxy) is 2. The average molecular weight is 586 g/mol. The molecule has 41 heavy (non-hydrogen) atoms. The Bertz CT molecular complexity index is 1700. The van der Waals surface area contributed by atoms with E-state index >= 15 is 0 Å². The Morgan fingerprint density at radius 3 is 2.49 bits per heavy atom. The van der Waals surface area contributed by atoms with Crippen LogP contribution in [0.1, 0.15) is 33.1 Å². The van der Waals surface area contributed by atoms with Crippen molar-refractivity contribution in [2.45, 2.75) is 25.2 Å². The standard InChI is InChI=1S/C29H23F4N3O4S/c1-16(35-28(38)27-24(37)14-25(41-27)29(31,32)33)26(17-4-3-5-21(12-17)39-2)40-22-10-11-23-18(13-22)15-34-36(23)20-8-6-19(30)7-9-20/h3-16,26,37H,1-2H3,(H,35,38)/t16-,26+/m0/s1. The molecular weight excluding hydrogens is 562 g/mol. The van der Waals surface area contributed by atoms with Crippen LogP contribution >= 0.6 is 11.3 Å². The molecule has 212 valence electrons. The fraction of sp³-hybridized carbons (Fsp3) is 0.172. The molecule has 5 rings (SSSR count). The first kappa shape index (κ1) is 28.0. The molecule has 5 aromatic rings. The number of methoxy groups -OCH3 is 1. The molecule has 0 saturated heterocycles. The van der Waals surface area contributed by atoms with Gasteiger partial charge in [-0.2, -0.15) is 18.3 Å². The molecule has 7 nitrogen and oxygen atoms in total. The molecule has 2 N–H and O–H groups in total. The van der Waals surface area contributed by atoms with Crippen molar-refractivity contribution in [3.8, 4) is 22.9 Å². The summed E-state index contributed by atoms with van der Waals surface area (Å²) in [6.45, 7) is 1.64. The van der Waals surface area contributed by atoms with E-state index in [-0.39, 0.29) is 17.2 Å². The quantitative estimate of drug-likeness (QED) is 0.194. The third kappa shape index (κ3) is 5.97. The third-order valence-electron chi connectivity index (χ3n) is 6.31. The van der Waals surface area contributed by atoms with E-state index in [0.29, 0.717) is 28.8 Å². The van der Waals surface area contributed by atoms with Crippen LogP contribution in [0.2, 0.25) is 0 Å². The van der Waals surface area contributed by atoms with Gasteiger partial charge < -0.3 is 19.9 Å². The van der Waals surface area contributed by atoms with Crippen LogP contribution in [0.25, 0.3) is 16.6 Å². The van der Waals surface area contributed by atoms with Crippen LogP contribution in [0, 0.1) is 5.82 Å². The molecule has 0 spiro atoms. The van der Waals surface area contributed by atoms with Gasteiger partial charge >= 0.3 is 6.18 Å². The number of halogens is 4. The molecule has 0 saturated carbocycles. The average Bonchev–Trinajstić information content (AvgIpc) is 3.55. The van der Waals surface area contributed by atoms with E-state index < -0.39 is 39.7 Å². The first-order valence-corrected chi connectivity index (χ1v) is 13.1. The van der Waals surface area contributed by atoms with Crippen LogP contribution in [0.5, 0.6) is 17.2 Å². The summed E-state index contributed by atoms with van der Waals surface area (Å²) in [5.74, 6) is -1.02. The van der Waals surface area contributed by atoms with Gasteiger partial charge in [0.1, 0.15) is 38.9 Å². The van der Waals surface area contributed by atoms with E-state index in [4.69, 9.17) is 9.47 Å². The van der Waals surface area contributed by atoms with Gasteiger partial charge in [0.2, 0.25) is 0 Å². The summed E-state index contributed by atoms with van der Waals surface area (Å²) in [5.41, 5.74) is 2.05. The molecule has 0 aliphatic rings. The highest BCUT2D eigenvalue weighted by molar-refractivity contribution is 7.14. The Labute approximate surface area is 235 Å². The summed E-state index contributed by atoms with van der Waals surface area (Å²) in [6, 6.07) is 17.9. The van der Waals surface area contributed by atoms with E-state index in [1.54, 1.807) is 72.4 Å². The second kappa shape index (κ2) is 11.1. The summed E-state index contributed by atoms with van der Waals surface area (Å²) in [6.07, 6.45) is -3.86. The maximum Gasteiger partial charge on any atom is 0.425 e. The molecule has 0 radical (unpaired) electrons. The Hall–Kier alpha value is -4.58. The van der Waals surface area contributed by atoms with Crippen LogP contribution < -0.4 is 14.8 Å². The monoisotopic (exact) mass is 585 g/mol. The molecule has 2 aromatic heterocycles. The summed E-state index contributed by atoms with van der Waals surface area (Å²) in [4.78, 5) is 11.4. The minimum absolute atomic E-state index is 0.159. The van der Waals surface area contributed by atoms with Crippen LogP contribution in [0.4, 0.5) is 17.6 Å². The van der Waals surface area contributed by atoms with Crippen LogP contribution in [0.15, 0.2) is 79.0 Å². The van der Waals surface area contributed by atoms with Gasteiger partial charge in [-0.15, -0.1) is 11.3 Å². The van der Waals surface area contributed by atoms with Gasteiger partial charge in [-0.05, 0) is 67.1 Å². The Morgan fingerprint density at radius 1 is 1.05 bits per heavy atom. The molecule has 0 bridgehead atoms. The number of thiophene rings is 1. The van der Waals surface area contributed by atoms with Gasteiger partial charge in [-0.3, -0.25) is 4.79 Å². The summed E-state index contributed by atoms with van der Waals surface area (Å²) < 4.78 is 66.0. The topological polar surface area (TPSA) is 85.6 Å². The van der Waals surface area contributed by atoms with Gasteiger partial charge in [-0.1, -0.05) is 12.1 Å². The largest absolute Gasteiger partial charge is 0.506 e. The summed E-state index contributed by atoms with van der Waals surface area (Å²) >= 11 is 0.159. The number of nitrogens with zero attached hydrogens (tertiary/aromatic N) is 2. The zero-order valence-electron chi connectivity index (χ0n) is 21.6. The van der Waals surface area contributed by atoms with Crippen LogP contribution in [-0.2, 0) is 6.18 Å². The SMILES string of the molecule is COc1cccc([C@H](Oc2ccc3c(cnn3-c3ccc(F)cc3)c2)[C@H](C)NC(=O)c2sc(C(F)(F)F)cc2O)c1. The lowest BCUT2D eigenvalue weighted by Gasteiger charge is -2.27. The number of hydrogen-bond acceptors (Lipinski definition) is 6. The minimum atomic E-state index is -4.69. The molecule has 2 atom stereocenters. The second-order valence-electron chi connectivity index (χ2n) is 9.15. The number of amides is 1. The number of fused-ring (bicyclic) bond motifs is 1.